The summed E-state index contributed by atoms with van der Waals surface area (Å²) in [6, 6.07) is 10.3. The molecule has 0 fully saturated rings. The highest BCUT2D eigenvalue weighted by Crippen LogP contribution is 2.32. The maximum absolute atomic E-state index is 6.09. The molecular weight excluding hydrogens is 286 g/mol. The summed E-state index contributed by atoms with van der Waals surface area (Å²) in [4.78, 5) is 12.6. The number of fused-ring (bicyclic) bond motifs is 1. The topological polar surface area (TPSA) is 51.8 Å². The third-order valence-corrected chi connectivity index (χ3v) is 5.32. The molecule has 0 aliphatic rings. The van der Waals surface area contributed by atoms with E-state index in [0.717, 1.165) is 21.8 Å². The molecule has 0 amide bonds. The zero-order valence-corrected chi connectivity index (χ0v) is 13.0. The van der Waals surface area contributed by atoms with Gasteiger partial charge in [0.2, 0.25) is 0 Å². The van der Waals surface area contributed by atoms with E-state index < -0.39 is 0 Å². The molecule has 0 spiro atoms. The van der Waals surface area contributed by atoms with Crippen molar-refractivity contribution >= 4 is 39.1 Å². The highest BCUT2D eigenvalue weighted by atomic mass is 32.2. The van der Waals surface area contributed by atoms with Gasteiger partial charge in [-0.2, -0.15) is 0 Å². The summed E-state index contributed by atoms with van der Waals surface area (Å²) >= 11 is 3.41. The Morgan fingerprint density at radius 3 is 2.65 bits per heavy atom. The fraction of sp³-hybridized carbons (Fsp3) is 0.200. The summed E-state index contributed by atoms with van der Waals surface area (Å²) in [6.07, 6.45) is 0. The van der Waals surface area contributed by atoms with E-state index in [4.69, 9.17) is 5.73 Å². The molecule has 0 saturated carbocycles. The Balaban J connectivity index is 1.89. The molecule has 0 radical (unpaired) electrons. The first-order valence-corrected chi connectivity index (χ1v) is 8.15. The zero-order chi connectivity index (χ0) is 14.1. The van der Waals surface area contributed by atoms with E-state index in [1.54, 1.807) is 23.1 Å². The van der Waals surface area contributed by atoms with Gasteiger partial charge < -0.3 is 5.73 Å². The summed E-state index contributed by atoms with van der Waals surface area (Å²) in [6.45, 7) is 4.17. The van der Waals surface area contributed by atoms with E-state index >= 15 is 0 Å². The number of hydrogen-bond acceptors (Lipinski definition) is 5. The molecule has 3 nitrogen and oxygen atoms in total. The Bertz CT molecular complexity index is 751. The molecule has 2 N–H and O–H groups in total. The number of anilines is 1. The number of hydrogen-bond donors (Lipinski definition) is 1. The standard InChI is InChI=1S/C15H15N3S2/c1-9-10(2)20-15-13(9)14(16)17-12(18-15)8-19-11-6-4-3-5-7-11/h3-7H,8H2,1-2H3,(H2,16,17,18). The normalized spacial score (nSPS) is 11.1. The van der Waals surface area contributed by atoms with Crippen molar-refractivity contribution in [3.63, 3.8) is 0 Å². The van der Waals surface area contributed by atoms with Crippen LogP contribution in [0.2, 0.25) is 0 Å². The molecule has 2 heterocycles. The van der Waals surface area contributed by atoms with Gasteiger partial charge in [-0.05, 0) is 31.5 Å². The fourth-order valence-corrected chi connectivity index (χ4v) is 3.89. The van der Waals surface area contributed by atoms with Crippen LogP contribution in [0.25, 0.3) is 10.2 Å². The molecule has 0 bridgehead atoms. The van der Waals surface area contributed by atoms with Gasteiger partial charge in [-0.25, -0.2) is 9.97 Å². The molecule has 3 aromatic rings. The first kappa shape index (κ1) is 13.4. The van der Waals surface area contributed by atoms with Crippen LogP contribution in [-0.4, -0.2) is 9.97 Å². The molecule has 2 aromatic heterocycles. The largest absolute Gasteiger partial charge is 0.383 e. The predicted octanol–water partition coefficient (Wildman–Crippen LogP) is 4.18. The summed E-state index contributed by atoms with van der Waals surface area (Å²) in [5.41, 5.74) is 7.29. The summed E-state index contributed by atoms with van der Waals surface area (Å²) in [7, 11) is 0. The lowest BCUT2D eigenvalue weighted by atomic mass is 10.2. The van der Waals surface area contributed by atoms with E-state index in [2.05, 4.69) is 35.9 Å². The molecule has 1 aromatic carbocycles. The van der Waals surface area contributed by atoms with E-state index in [-0.39, 0.29) is 0 Å². The van der Waals surface area contributed by atoms with Gasteiger partial charge in [-0.3, -0.25) is 0 Å². The average Bonchev–Trinajstić information content (AvgIpc) is 2.73. The van der Waals surface area contributed by atoms with Crippen molar-refractivity contribution in [2.75, 3.05) is 5.73 Å². The molecule has 0 aliphatic carbocycles. The second-order valence-corrected chi connectivity index (χ2v) is 6.84. The number of thiophene rings is 1. The minimum absolute atomic E-state index is 0.598. The molecule has 102 valence electrons. The van der Waals surface area contributed by atoms with Crippen LogP contribution in [0.1, 0.15) is 16.3 Å². The number of nitrogens with zero attached hydrogens (tertiary/aromatic N) is 2. The Morgan fingerprint density at radius 2 is 1.90 bits per heavy atom. The van der Waals surface area contributed by atoms with Crippen LogP contribution >= 0.6 is 23.1 Å². The monoisotopic (exact) mass is 301 g/mol. The Hall–Kier alpha value is -1.59. The van der Waals surface area contributed by atoms with Crippen LogP contribution < -0.4 is 5.73 Å². The van der Waals surface area contributed by atoms with Gasteiger partial charge in [0.15, 0.2) is 0 Å². The molecular formula is C15H15N3S2. The summed E-state index contributed by atoms with van der Waals surface area (Å²) in [5, 5.41) is 1.01. The van der Waals surface area contributed by atoms with Crippen molar-refractivity contribution in [2.24, 2.45) is 0 Å². The van der Waals surface area contributed by atoms with Crippen LogP contribution in [0.4, 0.5) is 5.82 Å². The van der Waals surface area contributed by atoms with Gasteiger partial charge in [0.05, 0.1) is 11.1 Å². The van der Waals surface area contributed by atoms with Gasteiger partial charge >= 0.3 is 0 Å². The molecule has 0 atom stereocenters. The Kier molecular flexibility index (Phi) is 3.63. The maximum atomic E-state index is 6.09. The Morgan fingerprint density at radius 1 is 1.15 bits per heavy atom. The Labute approximate surface area is 126 Å². The molecule has 5 heteroatoms. The highest BCUT2D eigenvalue weighted by molar-refractivity contribution is 7.98. The average molecular weight is 301 g/mol. The maximum Gasteiger partial charge on any atom is 0.142 e. The van der Waals surface area contributed by atoms with Gasteiger partial charge in [0.1, 0.15) is 16.5 Å². The van der Waals surface area contributed by atoms with Gasteiger partial charge in [0.25, 0.3) is 0 Å². The van der Waals surface area contributed by atoms with Gasteiger partial charge in [-0.15, -0.1) is 23.1 Å². The second kappa shape index (κ2) is 5.42. The minimum atomic E-state index is 0.598. The number of aryl methyl sites for hydroxylation is 2. The molecule has 0 aliphatic heterocycles. The molecule has 0 unspecified atom stereocenters. The fourth-order valence-electron chi connectivity index (χ4n) is 2.06. The summed E-state index contributed by atoms with van der Waals surface area (Å²) < 4.78 is 0. The number of thioether (sulfide) groups is 1. The van der Waals surface area contributed by atoms with Crippen molar-refractivity contribution in [1.29, 1.82) is 0 Å². The number of nitrogens with two attached hydrogens (primary N) is 1. The van der Waals surface area contributed by atoms with E-state index in [1.807, 2.05) is 18.2 Å². The van der Waals surface area contributed by atoms with Crippen LogP contribution in [0.15, 0.2) is 35.2 Å². The third-order valence-electron chi connectivity index (χ3n) is 3.21. The molecule has 20 heavy (non-hydrogen) atoms. The van der Waals surface area contributed by atoms with Crippen molar-refractivity contribution < 1.29 is 0 Å². The van der Waals surface area contributed by atoms with Gasteiger partial charge in [-0.1, -0.05) is 18.2 Å². The zero-order valence-electron chi connectivity index (χ0n) is 11.4. The number of aromatic nitrogens is 2. The van der Waals surface area contributed by atoms with Crippen molar-refractivity contribution in [1.82, 2.24) is 9.97 Å². The SMILES string of the molecule is Cc1sc2nc(CSc3ccccc3)nc(N)c2c1C. The third kappa shape index (κ3) is 2.51. The first-order valence-electron chi connectivity index (χ1n) is 6.35. The van der Waals surface area contributed by atoms with Crippen molar-refractivity contribution in [3.05, 3.63) is 46.6 Å². The first-order chi connectivity index (χ1) is 9.65. The van der Waals surface area contributed by atoms with Crippen molar-refractivity contribution in [3.8, 4) is 0 Å². The summed E-state index contributed by atoms with van der Waals surface area (Å²) in [5.74, 6) is 2.13. The van der Waals surface area contributed by atoms with E-state index in [9.17, 15) is 0 Å². The number of benzene rings is 1. The minimum Gasteiger partial charge on any atom is -0.383 e. The molecule has 0 saturated heterocycles. The lowest BCUT2D eigenvalue weighted by Gasteiger charge is -2.03. The second-order valence-electron chi connectivity index (χ2n) is 4.59. The highest BCUT2D eigenvalue weighted by Gasteiger charge is 2.12. The van der Waals surface area contributed by atoms with E-state index in [1.165, 1.54) is 15.3 Å². The number of nitrogen functional groups attached to an aromatic ring is 1. The van der Waals surface area contributed by atoms with Crippen LogP contribution in [-0.2, 0) is 5.75 Å². The lowest BCUT2D eigenvalue weighted by molar-refractivity contribution is 1.08. The predicted molar refractivity (Wildman–Crippen MR) is 87.3 cm³/mol. The van der Waals surface area contributed by atoms with Crippen LogP contribution in [0.5, 0.6) is 0 Å². The lowest BCUT2D eigenvalue weighted by Crippen LogP contribution is -1.99. The molecule has 3 rings (SSSR count). The van der Waals surface area contributed by atoms with Gasteiger partial charge in [0, 0.05) is 9.77 Å². The van der Waals surface area contributed by atoms with Crippen LogP contribution in [0, 0.1) is 13.8 Å². The number of rotatable bonds is 3. The smallest absolute Gasteiger partial charge is 0.142 e. The quantitative estimate of drug-likeness (QED) is 0.737. The van der Waals surface area contributed by atoms with Crippen molar-refractivity contribution in [2.45, 2.75) is 24.5 Å². The van der Waals surface area contributed by atoms with Crippen LogP contribution in [0.3, 0.4) is 0 Å². The van der Waals surface area contributed by atoms with E-state index in [0.29, 0.717) is 5.82 Å².